The van der Waals surface area contributed by atoms with Crippen LogP contribution >= 0.6 is 0 Å². The van der Waals surface area contributed by atoms with Gasteiger partial charge in [-0.05, 0) is 60.4 Å². The molecule has 9 nitrogen and oxygen atoms in total. The third-order valence-electron chi connectivity index (χ3n) is 6.26. The van der Waals surface area contributed by atoms with Crippen LogP contribution < -0.4 is 11.1 Å². The Morgan fingerprint density at radius 2 is 1.83 bits per heavy atom. The lowest BCUT2D eigenvalue weighted by molar-refractivity contribution is 0.100. The largest absolute Gasteiger partial charge is 0.465 e. The van der Waals surface area contributed by atoms with Gasteiger partial charge in [-0.2, -0.15) is 0 Å². The summed E-state index contributed by atoms with van der Waals surface area (Å²) in [5, 5.41) is 11.9. The fourth-order valence-corrected chi connectivity index (χ4v) is 4.53. The molecule has 2 aromatic carbocycles. The Kier molecular flexibility index (Phi) is 4.89. The van der Waals surface area contributed by atoms with Gasteiger partial charge < -0.3 is 10.8 Å². The van der Waals surface area contributed by atoms with Gasteiger partial charge in [0.05, 0.1) is 16.8 Å². The number of nitrogens with zero attached hydrogens (tertiary/aromatic N) is 4. The number of anilines is 1. The number of rotatable bonds is 5. The number of benzene rings is 2. The standard InChI is InChI=1S/C26H19FN6O3/c27-18-3-1-2-16-19(7-9-30-22(16)18)33-20-11-15(14-6-8-29-21(12-14)31-26(35)36)10-17(24(28)34)23(20)32-25(33)13-4-5-13/h1-3,6-13H,4-5H2,(H2,28,34)(H,29,31)(H,35,36). The van der Waals surface area contributed by atoms with E-state index in [4.69, 9.17) is 15.8 Å². The van der Waals surface area contributed by atoms with Crippen molar-refractivity contribution in [2.24, 2.45) is 5.73 Å². The molecule has 4 N–H and O–H groups in total. The number of para-hydroxylation sites is 1. The fraction of sp³-hybridized carbons (Fsp3) is 0.115. The summed E-state index contributed by atoms with van der Waals surface area (Å²) >= 11 is 0. The zero-order valence-electron chi connectivity index (χ0n) is 18.8. The predicted molar refractivity (Wildman–Crippen MR) is 132 cm³/mol. The Hall–Kier alpha value is -4.86. The number of fused-ring (bicyclic) bond motifs is 2. The van der Waals surface area contributed by atoms with Crippen molar-refractivity contribution < 1.29 is 19.1 Å². The van der Waals surface area contributed by atoms with Gasteiger partial charge in [-0.1, -0.05) is 12.1 Å². The summed E-state index contributed by atoms with van der Waals surface area (Å²) < 4.78 is 16.5. The first-order valence-corrected chi connectivity index (χ1v) is 11.3. The molecule has 1 fully saturated rings. The Morgan fingerprint density at radius 3 is 2.58 bits per heavy atom. The van der Waals surface area contributed by atoms with Crippen molar-refractivity contribution in [3.63, 3.8) is 0 Å². The van der Waals surface area contributed by atoms with Crippen LogP contribution in [0.15, 0.2) is 60.9 Å². The molecule has 10 heteroatoms. The van der Waals surface area contributed by atoms with Crippen LogP contribution in [0.25, 0.3) is 38.8 Å². The second-order valence-electron chi connectivity index (χ2n) is 8.66. The smallest absolute Gasteiger partial charge is 0.410 e. The van der Waals surface area contributed by atoms with E-state index in [1.165, 1.54) is 12.3 Å². The molecular weight excluding hydrogens is 463 g/mol. The number of hydrogen-bond donors (Lipinski definition) is 3. The van der Waals surface area contributed by atoms with Crippen molar-refractivity contribution in [3.8, 4) is 16.8 Å². The maximum atomic E-state index is 14.6. The van der Waals surface area contributed by atoms with Gasteiger partial charge in [0.25, 0.3) is 5.91 Å². The summed E-state index contributed by atoms with van der Waals surface area (Å²) in [5.41, 5.74) is 9.27. The molecule has 0 bridgehead atoms. The topological polar surface area (TPSA) is 136 Å². The quantitative estimate of drug-likeness (QED) is 0.328. The van der Waals surface area contributed by atoms with Gasteiger partial charge in [-0.3, -0.25) is 19.7 Å². The van der Waals surface area contributed by atoms with Crippen LogP contribution in [0.3, 0.4) is 0 Å². The number of pyridine rings is 2. The number of nitrogens with two attached hydrogens (primary N) is 1. The Balaban J connectivity index is 1.66. The van der Waals surface area contributed by atoms with Crippen molar-refractivity contribution in [1.29, 1.82) is 0 Å². The summed E-state index contributed by atoms with van der Waals surface area (Å²) in [6.45, 7) is 0. The lowest BCUT2D eigenvalue weighted by Crippen LogP contribution is -2.12. The minimum atomic E-state index is -1.24. The van der Waals surface area contributed by atoms with Gasteiger partial charge in [0.15, 0.2) is 0 Å². The van der Waals surface area contributed by atoms with Crippen molar-refractivity contribution in [3.05, 3.63) is 78.1 Å². The zero-order valence-corrected chi connectivity index (χ0v) is 18.8. The highest BCUT2D eigenvalue weighted by atomic mass is 19.1. The highest BCUT2D eigenvalue weighted by Gasteiger charge is 2.32. The molecule has 0 unspecified atom stereocenters. The predicted octanol–water partition coefficient (Wildman–Crippen LogP) is 4.84. The molecule has 0 radical (unpaired) electrons. The third-order valence-corrected chi connectivity index (χ3v) is 6.26. The molecule has 0 aliphatic heterocycles. The van der Waals surface area contributed by atoms with Crippen molar-refractivity contribution in [2.75, 3.05) is 5.32 Å². The Labute approximate surface area is 203 Å². The second kappa shape index (κ2) is 8.12. The number of imidazole rings is 1. The van der Waals surface area contributed by atoms with E-state index >= 15 is 0 Å². The van der Waals surface area contributed by atoms with Crippen molar-refractivity contribution in [1.82, 2.24) is 19.5 Å². The molecule has 3 heterocycles. The lowest BCUT2D eigenvalue weighted by atomic mass is 10.0. The maximum Gasteiger partial charge on any atom is 0.410 e. The Morgan fingerprint density at radius 1 is 1.03 bits per heavy atom. The van der Waals surface area contributed by atoms with E-state index in [-0.39, 0.29) is 22.8 Å². The van der Waals surface area contributed by atoms with Gasteiger partial charge >= 0.3 is 6.09 Å². The first kappa shape index (κ1) is 21.7. The molecule has 0 spiro atoms. The highest BCUT2D eigenvalue weighted by molar-refractivity contribution is 6.07. The van der Waals surface area contributed by atoms with E-state index in [0.29, 0.717) is 33.2 Å². The number of carbonyl (C=O) groups excluding carboxylic acids is 1. The molecule has 0 saturated heterocycles. The van der Waals surface area contributed by atoms with E-state index in [0.717, 1.165) is 18.7 Å². The lowest BCUT2D eigenvalue weighted by Gasteiger charge is -2.13. The van der Waals surface area contributed by atoms with Crippen LogP contribution in [-0.2, 0) is 0 Å². The first-order valence-electron chi connectivity index (χ1n) is 11.3. The van der Waals surface area contributed by atoms with Gasteiger partial charge in [0.2, 0.25) is 0 Å². The molecule has 1 aliphatic rings. The van der Waals surface area contributed by atoms with Gasteiger partial charge in [-0.25, -0.2) is 19.2 Å². The number of carbonyl (C=O) groups is 2. The summed E-state index contributed by atoms with van der Waals surface area (Å²) in [4.78, 5) is 36.7. The number of primary amides is 1. The van der Waals surface area contributed by atoms with Gasteiger partial charge in [-0.15, -0.1) is 0 Å². The molecule has 5 aromatic rings. The SMILES string of the molecule is NC(=O)c1cc(-c2ccnc(NC(=O)O)c2)cc2c1nc(C1CC1)n2-c1ccnc2c(F)cccc12. The summed E-state index contributed by atoms with van der Waals surface area (Å²) in [6, 6.07) is 13.4. The minimum Gasteiger partial charge on any atom is -0.465 e. The highest BCUT2D eigenvalue weighted by Crippen LogP contribution is 2.43. The number of nitrogens with one attached hydrogen (secondary N) is 1. The van der Waals surface area contributed by atoms with E-state index in [1.54, 1.807) is 42.6 Å². The number of aromatic nitrogens is 4. The number of carboxylic acid groups (broad SMARTS) is 1. The fourth-order valence-electron chi connectivity index (χ4n) is 4.53. The molecule has 1 saturated carbocycles. The summed E-state index contributed by atoms with van der Waals surface area (Å²) in [6.07, 6.45) is 3.69. The third kappa shape index (κ3) is 3.59. The maximum absolute atomic E-state index is 14.6. The summed E-state index contributed by atoms with van der Waals surface area (Å²) in [5.74, 6) is 0.0384. The van der Waals surface area contributed by atoms with E-state index < -0.39 is 17.8 Å². The number of hydrogen-bond acceptors (Lipinski definition) is 5. The average Bonchev–Trinajstić information content (AvgIpc) is 3.63. The molecular formula is C26H19FN6O3. The van der Waals surface area contributed by atoms with Gasteiger partial charge in [0.1, 0.15) is 28.5 Å². The average molecular weight is 482 g/mol. The number of amides is 2. The second-order valence-corrected chi connectivity index (χ2v) is 8.66. The van der Waals surface area contributed by atoms with E-state index in [9.17, 15) is 14.0 Å². The van der Waals surface area contributed by atoms with Crippen LogP contribution in [0.2, 0.25) is 0 Å². The molecule has 6 rings (SSSR count). The number of halogens is 1. The molecule has 36 heavy (non-hydrogen) atoms. The zero-order chi connectivity index (χ0) is 25.0. The molecule has 2 amide bonds. The van der Waals surface area contributed by atoms with Crippen molar-refractivity contribution >= 4 is 39.8 Å². The molecule has 0 atom stereocenters. The van der Waals surface area contributed by atoms with Gasteiger partial charge in [0, 0.05) is 23.7 Å². The van der Waals surface area contributed by atoms with Crippen LogP contribution in [-0.4, -0.2) is 36.6 Å². The molecule has 1 aliphatic carbocycles. The van der Waals surface area contributed by atoms with E-state index in [1.807, 2.05) is 10.6 Å². The van der Waals surface area contributed by atoms with Crippen LogP contribution in [0.1, 0.15) is 34.9 Å². The van der Waals surface area contributed by atoms with E-state index in [2.05, 4.69) is 15.3 Å². The molecule has 178 valence electrons. The van der Waals surface area contributed by atoms with Crippen molar-refractivity contribution in [2.45, 2.75) is 18.8 Å². The summed E-state index contributed by atoms with van der Waals surface area (Å²) in [7, 11) is 0. The van der Waals surface area contributed by atoms with Crippen LogP contribution in [0.4, 0.5) is 15.0 Å². The molecule has 3 aromatic heterocycles. The monoisotopic (exact) mass is 482 g/mol. The van der Waals surface area contributed by atoms with Crippen LogP contribution in [0.5, 0.6) is 0 Å². The minimum absolute atomic E-state index is 0.142. The van der Waals surface area contributed by atoms with Crippen LogP contribution in [0, 0.1) is 5.82 Å². The normalized spacial score (nSPS) is 13.2. The Bertz CT molecular complexity index is 1710. The first-order chi connectivity index (χ1) is 17.4.